The molecule has 1 aromatic heterocycles. The van der Waals surface area contributed by atoms with Crippen molar-refractivity contribution in [2.45, 2.75) is 64.0 Å². The van der Waals surface area contributed by atoms with Crippen LogP contribution in [0, 0.1) is 5.92 Å². The lowest BCUT2D eigenvalue weighted by Gasteiger charge is -2.45. The molecular weight excluding hydrogens is 464 g/mol. The Balaban J connectivity index is 1.38. The van der Waals surface area contributed by atoms with Gasteiger partial charge in [0, 0.05) is 42.0 Å². The number of carbonyl (C=O) groups is 2. The van der Waals surface area contributed by atoms with Crippen LogP contribution in [0.3, 0.4) is 0 Å². The summed E-state index contributed by atoms with van der Waals surface area (Å²) < 4.78 is 5.80. The number of nitrogens with zero attached hydrogens (tertiary/aromatic N) is 3. The van der Waals surface area contributed by atoms with Crippen molar-refractivity contribution < 1.29 is 14.3 Å². The third-order valence-corrected chi connectivity index (χ3v) is 8.75. The zero-order valence-corrected chi connectivity index (χ0v) is 22.0. The maximum absolute atomic E-state index is 14.1. The SMILES string of the molecule is CCOc1ccc2[nH]c3c(c2c1)C[C@@]1(C)C(=O)N(CCN2CCCCCC2)C(=O)N1[C@@H]3C1C=CC=CC1. The number of aromatic amines is 1. The quantitative estimate of drug-likeness (QED) is 0.552. The van der Waals surface area contributed by atoms with Crippen LogP contribution in [0.5, 0.6) is 5.75 Å². The Morgan fingerprint density at radius 3 is 2.62 bits per heavy atom. The number of hydrogen-bond acceptors (Lipinski definition) is 4. The van der Waals surface area contributed by atoms with Gasteiger partial charge in [-0.1, -0.05) is 37.1 Å². The van der Waals surface area contributed by atoms with E-state index in [1.165, 1.54) is 25.7 Å². The van der Waals surface area contributed by atoms with E-state index in [1.807, 2.05) is 24.8 Å². The number of nitrogens with one attached hydrogen (secondary N) is 1. The van der Waals surface area contributed by atoms with E-state index in [2.05, 4.69) is 46.3 Å². The monoisotopic (exact) mass is 502 g/mol. The van der Waals surface area contributed by atoms with Crippen LogP contribution in [-0.4, -0.2) is 69.9 Å². The van der Waals surface area contributed by atoms with Gasteiger partial charge in [-0.25, -0.2) is 4.79 Å². The van der Waals surface area contributed by atoms with E-state index in [1.54, 1.807) is 4.90 Å². The lowest BCUT2D eigenvalue weighted by molar-refractivity contribution is -0.133. The molecule has 1 N–H and O–H groups in total. The summed E-state index contributed by atoms with van der Waals surface area (Å²) in [6.07, 6.45) is 14.7. The number of ether oxygens (including phenoxy) is 1. The molecule has 0 radical (unpaired) electrons. The average Bonchev–Trinajstić information content (AvgIpc) is 3.17. The molecule has 7 nitrogen and oxygen atoms in total. The highest BCUT2D eigenvalue weighted by molar-refractivity contribution is 6.08. The molecule has 2 fully saturated rings. The van der Waals surface area contributed by atoms with E-state index in [0.717, 1.165) is 54.0 Å². The molecule has 0 spiro atoms. The fourth-order valence-corrected chi connectivity index (χ4v) is 6.87. The van der Waals surface area contributed by atoms with Crippen LogP contribution in [0.1, 0.15) is 63.3 Å². The van der Waals surface area contributed by atoms with E-state index >= 15 is 0 Å². The second-order valence-corrected chi connectivity index (χ2v) is 11.1. The summed E-state index contributed by atoms with van der Waals surface area (Å²) in [5.74, 6) is 0.869. The van der Waals surface area contributed by atoms with E-state index in [0.29, 0.717) is 19.6 Å². The van der Waals surface area contributed by atoms with Gasteiger partial charge in [0.1, 0.15) is 11.3 Å². The van der Waals surface area contributed by atoms with Crippen molar-refractivity contribution in [3.05, 3.63) is 53.8 Å². The number of likely N-dealkylation sites (tertiary alicyclic amines) is 1. The number of rotatable bonds is 6. The minimum atomic E-state index is -0.903. The zero-order valence-electron chi connectivity index (χ0n) is 22.0. The molecule has 3 aliphatic heterocycles. The summed E-state index contributed by atoms with van der Waals surface area (Å²) in [7, 11) is 0. The number of hydrogen-bond donors (Lipinski definition) is 1. The molecule has 6 rings (SSSR count). The Labute approximate surface area is 219 Å². The normalized spacial score (nSPS) is 28.1. The Morgan fingerprint density at radius 2 is 1.89 bits per heavy atom. The van der Waals surface area contributed by atoms with Gasteiger partial charge in [0.2, 0.25) is 0 Å². The Morgan fingerprint density at radius 1 is 1.08 bits per heavy atom. The van der Waals surface area contributed by atoms with Crippen LogP contribution < -0.4 is 4.74 Å². The highest BCUT2D eigenvalue weighted by Gasteiger charge is 2.60. The number of aromatic nitrogens is 1. The van der Waals surface area contributed by atoms with Gasteiger partial charge in [0.05, 0.1) is 12.6 Å². The molecule has 2 aromatic rings. The molecule has 196 valence electrons. The molecule has 1 aliphatic carbocycles. The van der Waals surface area contributed by atoms with Gasteiger partial charge in [-0.15, -0.1) is 0 Å². The molecule has 0 saturated carbocycles. The number of amides is 3. The molecule has 3 amide bonds. The number of urea groups is 1. The topological polar surface area (TPSA) is 68.9 Å². The van der Waals surface area contributed by atoms with E-state index < -0.39 is 5.54 Å². The van der Waals surface area contributed by atoms with Gasteiger partial charge in [0.15, 0.2) is 0 Å². The molecule has 1 unspecified atom stereocenters. The van der Waals surface area contributed by atoms with Crippen LogP contribution in [0.4, 0.5) is 4.79 Å². The number of carbonyl (C=O) groups excluding carboxylic acids is 2. The van der Waals surface area contributed by atoms with Gasteiger partial charge in [-0.3, -0.25) is 9.69 Å². The minimum Gasteiger partial charge on any atom is -0.494 e. The average molecular weight is 503 g/mol. The molecule has 2 saturated heterocycles. The van der Waals surface area contributed by atoms with Gasteiger partial charge < -0.3 is 19.5 Å². The maximum Gasteiger partial charge on any atom is 0.328 e. The Kier molecular flexibility index (Phi) is 6.35. The smallest absolute Gasteiger partial charge is 0.328 e. The van der Waals surface area contributed by atoms with Crippen molar-refractivity contribution in [3.63, 3.8) is 0 Å². The number of benzene rings is 1. The van der Waals surface area contributed by atoms with Crippen molar-refractivity contribution in [1.82, 2.24) is 19.7 Å². The fraction of sp³-hybridized carbons (Fsp3) is 0.533. The molecule has 1 aromatic carbocycles. The van der Waals surface area contributed by atoms with Crippen LogP contribution >= 0.6 is 0 Å². The first kappa shape index (κ1) is 24.3. The second kappa shape index (κ2) is 9.67. The van der Waals surface area contributed by atoms with Gasteiger partial charge in [-0.05, 0) is 70.0 Å². The minimum absolute atomic E-state index is 0.0615. The highest BCUT2D eigenvalue weighted by Crippen LogP contribution is 2.50. The molecule has 3 atom stereocenters. The Hall–Kier alpha value is -3.06. The maximum atomic E-state index is 14.1. The summed E-state index contributed by atoms with van der Waals surface area (Å²) in [6, 6.07) is 5.75. The third-order valence-electron chi connectivity index (χ3n) is 8.75. The van der Waals surface area contributed by atoms with Crippen LogP contribution in [0.25, 0.3) is 10.9 Å². The predicted molar refractivity (Wildman–Crippen MR) is 145 cm³/mol. The summed E-state index contributed by atoms with van der Waals surface area (Å²) in [6.45, 7) is 7.88. The van der Waals surface area contributed by atoms with E-state index in [-0.39, 0.29) is 23.9 Å². The van der Waals surface area contributed by atoms with Gasteiger partial charge in [-0.2, -0.15) is 0 Å². The summed E-state index contributed by atoms with van der Waals surface area (Å²) in [5, 5.41) is 1.09. The molecule has 37 heavy (non-hydrogen) atoms. The zero-order chi connectivity index (χ0) is 25.6. The van der Waals surface area contributed by atoms with Crippen molar-refractivity contribution in [1.29, 1.82) is 0 Å². The third kappa shape index (κ3) is 4.08. The van der Waals surface area contributed by atoms with E-state index in [4.69, 9.17) is 4.74 Å². The largest absolute Gasteiger partial charge is 0.494 e. The first-order valence-electron chi connectivity index (χ1n) is 14.0. The number of imide groups is 1. The van der Waals surface area contributed by atoms with Crippen LogP contribution in [0.15, 0.2) is 42.5 Å². The lowest BCUT2D eigenvalue weighted by atomic mass is 9.78. The van der Waals surface area contributed by atoms with Crippen LogP contribution in [-0.2, 0) is 11.2 Å². The Bertz CT molecular complexity index is 1250. The standard InChI is InChI=1S/C30H38N4O3/c1-3-37-22-13-14-25-23(19-22)24-20-30(2)28(35)33(18-17-32-15-9-4-5-10-16-32)29(36)34(30)27(26(24)31-25)21-11-7-6-8-12-21/h6-8,11,13-14,19,21,27,31H,3-5,9-10,12,15-18,20H2,1-2H3/t21?,27-,30+/m1/s1. The number of H-pyrrole nitrogens is 1. The fourth-order valence-electron chi connectivity index (χ4n) is 6.87. The van der Waals surface area contributed by atoms with Crippen molar-refractivity contribution in [2.24, 2.45) is 5.92 Å². The number of fused-ring (bicyclic) bond motifs is 4. The molecular formula is C30H38N4O3. The summed E-state index contributed by atoms with van der Waals surface area (Å²) in [4.78, 5) is 37.6. The lowest BCUT2D eigenvalue weighted by Crippen LogP contribution is -2.54. The van der Waals surface area contributed by atoms with Gasteiger partial charge in [0.25, 0.3) is 5.91 Å². The number of allylic oxidation sites excluding steroid dienone is 3. The molecule has 7 heteroatoms. The van der Waals surface area contributed by atoms with Crippen molar-refractivity contribution in [3.8, 4) is 5.75 Å². The molecule has 0 bridgehead atoms. The van der Waals surface area contributed by atoms with Crippen LogP contribution in [0.2, 0.25) is 0 Å². The summed E-state index contributed by atoms with van der Waals surface area (Å²) >= 11 is 0. The second-order valence-electron chi connectivity index (χ2n) is 11.1. The van der Waals surface area contributed by atoms with E-state index in [9.17, 15) is 9.59 Å². The van der Waals surface area contributed by atoms with Crippen molar-refractivity contribution >= 4 is 22.8 Å². The first-order chi connectivity index (χ1) is 18.0. The predicted octanol–water partition coefficient (Wildman–Crippen LogP) is 5.20. The molecule has 4 aliphatic rings. The van der Waals surface area contributed by atoms with Gasteiger partial charge >= 0.3 is 6.03 Å². The van der Waals surface area contributed by atoms with Crippen molar-refractivity contribution in [2.75, 3.05) is 32.8 Å². The summed E-state index contributed by atoms with van der Waals surface area (Å²) in [5.41, 5.74) is 2.32. The molecule has 4 heterocycles. The first-order valence-corrected chi connectivity index (χ1v) is 14.0. The highest BCUT2D eigenvalue weighted by atomic mass is 16.5.